The number of esters is 1. The minimum Gasteiger partial charge on any atom is -0.469 e. The van der Waals surface area contributed by atoms with Crippen LogP contribution in [0.15, 0.2) is 60.7 Å². The number of carbonyl (C=O) groups is 1. The molecular weight excluding hydrogens is 360 g/mol. The minimum absolute atomic E-state index is 0.0826. The molecular formula is C22H23ClN2O2. The maximum atomic E-state index is 11.9. The molecule has 0 aliphatic heterocycles. The molecule has 3 rings (SSSR count). The van der Waals surface area contributed by atoms with Gasteiger partial charge < -0.3 is 15.4 Å². The monoisotopic (exact) mass is 382 g/mol. The Hall–Kier alpha value is -2.72. The number of anilines is 2. The van der Waals surface area contributed by atoms with E-state index in [2.05, 4.69) is 4.90 Å². The van der Waals surface area contributed by atoms with E-state index < -0.39 is 0 Å². The Bertz CT molecular complexity index is 958. The van der Waals surface area contributed by atoms with Gasteiger partial charge in [-0.3, -0.25) is 4.79 Å². The van der Waals surface area contributed by atoms with Gasteiger partial charge in [-0.15, -0.1) is 0 Å². The molecule has 1 atom stereocenters. The standard InChI is InChI=1S/C22H23ClN2O2/c1-15(13-22(26)27-2)25(14-16-7-3-6-10-19(16)23)21-12-11-20(24)17-8-4-5-9-18(17)21/h3-12,15H,13-14,24H2,1-2H3. The number of carbonyl (C=O) groups excluding carboxylic acids is 1. The molecule has 0 spiro atoms. The zero-order chi connectivity index (χ0) is 19.4. The average molecular weight is 383 g/mol. The third-order valence-corrected chi connectivity index (χ3v) is 5.13. The predicted molar refractivity (Wildman–Crippen MR) is 112 cm³/mol. The summed E-state index contributed by atoms with van der Waals surface area (Å²) in [4.78, 5) is 14.1. The number of benzene rings is 3. The molecule has 140 valence electrons. The van der Waals surface area contributed by atoms with Gasteiger partial charge in [-0.2, -0.15) is 0 Å². The maximum Gasteiger partial charge on any atom is 0.307 e. The van der Waals surface area contributed by atoms with Crippen molar-refractivity contribution in [3.8, 4) is 0 Å². The third kappa shape index (κ3) is 4.17. The molecule has 0 saturated heterocycles. The summed E-state index contributed by atoms with van der Waals surface area (Å²) in [5, 5.41) is 2.73. The quantitative estimate of drug-likeness (QED) is 0.479. The molecule has 0 bridgehead atoms. The lowest BCUT2D eigenvalue weighted by Gasteiger charge is -2.32. The molecule has 0 heterocycles. The van der Waals surface area contributed by atoms with Crippen LogP contribution < -0.4 is 10.6 Å². The van der Waals surface area contributed by atoms with Crippen molar-refractivity contribution in [1.82, 2.24) is 0 Å². The van der Waals surface area contributed by atoms with Crippen molar-refractivity contribution in [3.63, 3.8) is 0 Å². The summed E-state index contributed by atoms with van der Waals surface area (Å²) >= 11 is 6.40. The Balaban J connectivity index is 2.08. The van der Waals surface area contributed by atoms with Crippen molar-refractivity contribution < 1.29 is 9.53 Å². The summed E-state index contributed by atoms with van der Waals surface area (Å²) in [5.74, 6) is -0.244. The maximum absolute atomic E-state index is 11.9. The van der Waals surface area contributed by atoms with Crippen molar-refractivity contribution in [2.75, 3.05) is 17.7 Å². The van der Waals surface area contributed by atoms with Crippen LogP contribution in [0, 0.1) is 0 Å². The first-order valence-electron chi connectivity index (χ1n) is 8.85. The zero-order valence-corrected chi connectivity index (χ0v) is 16.2. The van der Waals surface area contributed by atoms with Gasteiger partial charge in [0, 0.05) is 39.8 Å². The van der Waals surface area contributed by atoms with Gasteiger partial charge in [0.2, 0.25) is 0 Å². The van der Waals surface area contributed by atoms with Gasteiger partial charge in [0.05, 0.1) is 13.5 Å². The van der Waals surface area contributed by atoms with Gasteiger partial charge in [-0.05, 0) is 30.7 Å². The van der Waals surface area contributed by atoms with Crippen LogP contribution in [-0.4, -0.2) is 19.1 Å². The topological polar surface area (TPSA) is 55.6 Å². The van der Waals surface area contributed by atoms with Crippen molar-refractivity contribution in [1.29, 1.82) is 0 Å². The van der Waals surface area contributed by atoms with E-state index >= 15 is 0 Å². The van der Waals surface area contributed by atoms with E-state index in [1.807, 2.05) is 67.6 Å². The number of rotatable bonds is 6. The number of halogens is 1. The summed E-state index contributed by atoms with van der Waals surface area (Å²) in [7, 11) is 1.41. The van der Waals surface area contributed by atoms with Gasteiger partial charge in [0.1, 0.15) is 0 Å². The van der Waals surface area contributed by atoms with Crippen LogP contribution in [0.1, 0.15) is 18.9 Å². The molecule has 0 amide bonds. The van der Waals surface area contributed by atoms with E-state index in [1.54, 1.807) is 0 Å². The number of ether oxygens (including phenoxy) is 1. The number of hydrogen-bond donors (Lipinski definition) is 1. The first kappa shape index (κ1) is 19.1. The van der Waals surface area contributed by atoms with Crippen LogP contribution in [0.3, 0.4) is 0 Å². The molecule has 3 aromatic rings. The summed E-state index contributed by atoms with van der Waals surface area (Å²) in [6, 6.07) is 19.6. The average Bonchev–Trinajstić information content (AvgIpc) is 2.68. The van der Waals surface area contributed by atoms with Crippen molar-refractivity contribution >= 4 is 39.7 Å². The Morgan fingerprint density at radius 3 is 2.44 bits per heavy atom. The van der Waals surface area contributed by atoms with Crippen LogP contribution in [0.4, 0.5) is 11.4 Å². The Kier molecular flexibility index (Phi) is 5.87. The van der Waals surface area contributed by atoms with Gasteiger partial charge in [0.15, 0.2) is 0 Å². The van der Waals surface area contributed by atoms with Gasteiger partial charge >= 0.3 is 5.97 Å². The van der Waals surface area contributed by atoms with Crippen LogP contribution in [-0.2, 0) is 16.1 Å². The summed E-state index contributed by atoms with van der Waals surface area (Å²) in [6.45, 7) is 2.59. The molecule has 0 fully saturated rings. The third-order valence-electron chi connectivity index (χ3n) is 4.76. The molecule has 5 heteroatoms. The fourth-order valence-corrected chi connectivity index (χ4v) is 3.48. The summed E-state index contributed by atoms with van der Waals surface area (Å²) in [6.07, 6.45) is 0.277. The van der Waals surface area contributed by atoms with Crippen LogP contribution in [0.5, 0.6) is 0 Å². The number of nitrogens with zero attached hydrogens (tertiary/aromatic N) is 1. The minimum atomic E-state index is -0.244. The Morgan fingerprint density at radius 1 is 1.07 bits per heavy atom. The highest BCUT2D eigenvalue weighted by Gasteiger charge is 2.21. The number of nitrogen functional groups attached to an aromatic ring is 1. The first-order chi connectivity index (χ1) is 13.0. The number of fused-ring (bicyclic) bond motifs is 1. The highest BCUT2D eigenvalue weighted by Crippen LogP contribution is 2.34. The molecule has 2 N–H and O–H groups in total. The highest BCUT2D eigenvalue weighted by molar-refractivity contribution is 6.31. The molecule has 27 heavy (non-hydrogen) atoms. The SMILES string of the molecule is COC(=O)CC(C)N(Cc1ccccc1Cl)c1ccc(N)c2ccccc12. The zero-order valence-electron chi connectivity index (χ0n) is 15.5. The molecule has 1 unspecified atom stereocenters. The fourth-order valence-electron chi connectivity index (χ4n) is 3.28. The number of hydrogen-bond acceptors (Lipinski definition) is 4. The molecule has 0 aliphatic rings. The number of nitrogens with two attached hydrogens (primary N) is 1. The van der Waals surface area contributed by atoms with E-state index in [0.717, 1.165) is 27.7 Å². The summed E-state index contributed by atoms with van der Waals surface area (Å²) in [5.41, 5.74) is 8.90. The normalized spacial score (nSPS) is 12.0. The second kappa shape index (κ2) is 8.31. The fraction of sp³-hybridized carbons (Fsp3) is 0.227. The molecule has 0 saturated carbocycles. The molecule has 0 aromatic heterocycles. The van der Waals surface area contributed by atoms with E-state index in [1.165, 1.54) is 7.11 Å². The molecule has 3 aromatic carbocycles. The molecule has 4 nitrogen and oxygen atoms in total. The predicted octanol–water partition coefficient (Wildman–Crippen LogP) is 5.03. The van der Waals surface area contributed by atoms with Crippen LogP contribution in [0.2, 0.25) is 5.02 Å². The smallest absolute Gasteiger partial charge is 0.307 e. The van der Waals surface area contributed by atoms with Gasteiger partial charge in [0.25, 0.3) is 0 Å². The molecule has 0 aliphatic carbocycles. The van der Waals surface area contributed by atoms with E-state index in [9.17, 15) is 4.79 Å². The van der Waals surface area contributed by atoms with Crippen molar-refractivity contribution in [2.45, 2.75) is 25.9 Å². The van der Waals surface area contributed by atoms with Crippen molar-refractivity contribution in [2.24, 2.45) is 0 Å². The summed E-state index contributed by atoms with van der Waals surface area (Å²) < 4.78 is 4.88. The highest BCUT2D eigenvalue weighted by atomic mass is 35.5. The van der Waals surface area contributed by atoms with Gasteiger partial charge in [-0.25, -0.2) is 0 Å². The largest absolute Gasteiger partial charge is 0.469 e. The van der Waals surface area contributed by atoms with Crippen LogP contribution >= 0.6 is 11.6 Å². The van der Waals surface area contributed by atoms with Crippen LogP contribution in [0.25, 0.3) is 10.8 Å². The van der Waals surface area contributed by atoms with E-state index in [4.69, 9.17) is 22.1 Å². The molecule has 0 radical (unpaired) electrons. The van der Waals surface area contributed by atoms with E-state index in [-0.39, 0.29) is 18.4 Å². The Labute approximate surface area is 164 Å². The van der Waals surface area contributed by atoms with Crippen molar-refractivity contribution in [3.05, 3.63) is 71.2 Å². The second-order valence-electron chi connectivity index (χ2n) is 6.57. The second-order valence-corrected chi connectivity index (χ2v) is 6.98. The first-order valence-corrected chi connectivity index (χ1v) is 9.23. The lowest BCUT2D eigenvalue weighted by atomic mass is 10.0. The lowest BCUT2D eigenvalue weighted by molar-refractivity contribution is -0.140. The number of methoxy groups -OCH3 is 1. The van der Waals surface area contributed by atoms with E-state index in [0.29, 0.717) is 11.6 Å². The Morgan fingerprint density at radius 2 is 1.74 bits per heavy atom. The lowest BCUT2D eigenvalue weighted by Crippen LogP contribution is -2.35. The van der Waals surface area contributed by atoms with Gasteiger partial charge in [-0.1, -0.05) is 54.1 Å².